The Bertz CT molecular complexity index is 356. The van der Waals surface area contributed by atoms with Crippen LogP contribution in [0.2, 0.25) is 0 Å². The van der Waals surface area contributed by atoms with Crippen LogP contribution in [0, 0.1) is 10.1 Å². The van der Waals surface area contributed by atoms with E-state index in [1.807, 2.05) is 0 Å². The van der Waals surface area contributed by atoms with Crippen LogP contribution in [0.5, 0.6) is 5.75 Å². The Hall–Kier alpha value is -1.86. The third kappa shape index (κ3) is 3.08. The summed E-state index contributed by atoms with van der Waals surface area (Å²) < 4.78 is 5.04. The van der Waals surface area contributed by atoms with E-state index in [0.717, 1.165) is 0 Å². The summed E-state index contributed by atoms with van der Waals surface area (Å²) in [7, 11) is 0. The van der Waals surface area contributed by atoms with Crippen LogP contribution in [0.1, 0.15) is 0 Å². The predicted octanol–water partition coefficient (Wildman–Crippen LogP) is 0.251. The highest BCUT2D eigenvalue weighted by molar-refractivity contribution is 5.55. The van der Waals surface area contributed by atoms with Gasteiger partial charge >= 0.3 is 0 Å². The van der Waals surface area contributed by atoms with Crippen LogP contribution in [-0.2, 0) is 0 Å². The molecule has 4 N–H and O–H groups in total. The van der Waals surface area contributed by atoms with Crippen molar-refractivity contribution < 1.29 is 14.8 Å². The zero-order valence-electron chi connectivity index (χ0n) is 7.84. The van der Waals surface area contributed by atoms with E-state index in [4.69, 9.17) is 15.7 Å². The van der Waals surface area contributed by atoms with Crippen LogP contribution in [-0.4, -0.2) is 23.2 Å². The van der Waals surface area contributed by atoms with E-state index in [1.165, 1.54) is 18.2 Å². The summed E-state index contributed by atoms with van der Waals surface area (Å²) in [4.78, 5) is 9.98. The first kappa shape index (κ1) is 11.2. The number of aliphatic hydroxyl groups excluding tert-OH is 1. The zero-order chi connectivity index (χ0) is 11.3. The summed E-state index contributed by atoms with van der Waals surface area (Å²) >= 11 is 0. The second kappa shape index (κ2) is 5.13. The maximum Gasteiger partial charge on any atom is 0.275 e. The number of nitrogens with one attached hydrogen (secondary N) is 1. The lowest BCUT2D eigenvalue weighted by atomic mass is 10.2. The van der Waals surface area contributed by atoms with Crippen LogP contribution in [0.3, 0.4) is 0 Å². The number of hydrazine groups is 1. The average molecular weight is 213 g/mol. The molecule has 0 heterocycles. The molecule has 0 bridgehead atoms. The molecule has 1 aromatic rings. The highest BCUT2D eigenvalue weighted by Crippen LogP contribution is 2.25. The van der Waals surface area contributed by atoms with Crippen LogP contribution < -0.4 is 16.0 Å². The molecule has 1 rings (SSSR count). The summed E-state index contributed by atoms with van der Waals surface area (Å²) in [5, 5.41) is 19.1. The van der Waals surface area contributed by atoms with Gasteiger partial charge < -0.3 is 15.3 Å². The van der Waals surface area contributed by atoms with Crippen LogP contribution in [0.25, 0.3) is 0 Å². The van der Waals surface area contributed by atoms with Crippen molar-refractivity contribution in [1.29, 1.82) is 0 Å². The third-order valence-electron chi connectivity index (χ3n) is 1.63. The maximum atomic E-state index is 10.5. The van der Waals surface area contributed by atoms with Gasteiger partial charge in [-0.1, -0.05) is 0 Å². The highest BCUT2D eigenvalue weighted by Gasteiger charge is 2.09. The van der Waals surface area contributed by atoms with E-state index in [0.29, 0.717) is 5.69 Å². The summed E-state index contributed by atoms with van der Waals surface area (Å²) in [5.74, 6) is 5.42. The number of hydrogen-bond donors (Lipinski definition) is 3. The molecule has 0 radical (unpaired) electrons. The van der Waals surface area contributed by atoms with E-state index >= 15 is 0 Å². The molecule has 0 amide bonds. The Balaban J connectivity index is 2.95. The molecule has 7 heteroatoms. The fourth-order valence-electron chi connectivity index (χ4n) is 1.02. The van der Waals surface area contributed by atoms with Gasteiger partial charge in [0.1, 0.15) is 12.4 Å². The quantitative estimate of drug-likeness (QED) is 0.367. The molecule has 0 fully saturated rings. The molecule has 1 aromatic carbocycles. The number of ether oxygens (including phenoxy) is 1. The first-order chi connectivity index (χ1) is 7.17. The third-order valence-corrected chi connectivity index (χ3v) is 1.63. The fourth-order valence-corrected chi connectivity index (χ4v) is 1.02. The molecule has 0 aliphatic carbocycles. The maximum absolute atomic E-state index is 10.5. The molecule has 0 aromatic heterocycles. The second-order valence-electron chi connectivity index (χ2n) is 2.69. The number of anilines is 1. The van der Waals surface area contributed by atoms with Crippen molar-refractivity contribution in [1.82, 2.24) is 0 Å². The molecular formula is C8H11N3O4. The number of non-ortho nitro benzene ring substituents is 1. The van der Waals surface area contributed by atoms with Gasteiger partial charge in [-0.25, -0.2) is 0 Å². The van der Waals surface area contributed by atoms with Gasteiger partial charge in [-0.05, 0) is 0 Å². The Morgan fingerprint density at radius 2 is 2.27 bits per heavy atom. The van der Waals surface area contributed by atoms with Crippen LogP contribution in [0.4, 0.5) is 11.4 Å². The van der Waals surface area contributed by atoms with Gasteiger partial charge in [0.2, 0.25) is 0 Å². The van der Waals surface area contributed by atoms with Crippen molar-refractivity contribution >= 4 is 11.4 Å². The molecule has 0 aliphatic rings. The molecular weight excluding hydrogens is 202 g/mol. The van der Waals surface area contributed by atoms with E-state index in [1.54, 1.807) is 0 Å². The van der Waals surface area contributed by atoms with Crippen molar-refractivity contribution in [2.24, 2.45) is 5.84 Å². The molecule has 0 aliphatic heterocycles. The number of nitro groups is 1. The van der Waals surface area contributed by atoms with Crippen LogP contribution >= 0.6 is 0 Å². The lowest BCUT2D eigenvalue weighted by Gasteiger charge is -2.06. The molecule has 0 saturated carbocycles. The summed E-state index contributed by atoms with van der Waals surface area (Å²) in [6.45, 7) is -0.0841. The largest absolute Gasteiger partial charge is 0.491 e. The molecule has 0 unspecified atom stereocenters. The average Bonchev–Trinajstić information content (AvgIpc) is 2.25. The number of hydrogen-bond acceptors (Lipinski definition) is 6. The summed E-state index contributed by atoms with van der Waals surface area (Å²) in [6.07, 6.45) is 0. The first-order valence-electron chi connectivity index (χ1n) is 4.17. The molecule has 7 nitrogen and oxygen atoms in total. The lowest BCUT2D eigenvalue weighted by molar-refractivity contribution is -0.384. The van der Waals surface area contributed by atoms with E-state index in [2.05, 4.69) is 5.43 Å². The van der Waals surface area contributed by atoms with Gasteiger partial charge in [-0.2, -0.15) is 0 Å². The van der Waals surface area contributed by atoms with E-state index in [9.17, 15) is 10.1 Å². The second-order valence-corrected chi connectivity index (χ2v) is 2.69. The zero-order valence-corrected chi connectivity index (χ0v) is 7.84. The Morgan fingerprint density at radius 3 is 2.80 bits per heavy atom. The number of nitrogens with two attached hydrogens (primary N) is 1. The van der Waals surface area contributed by atoms with Gasteiger partial charge in [0.15, 0.2) is 0 Å². The van der Waals surface area contributed by atoms with E-state index < -0.39 is 4.92 Å². The minimum Gasteiger partial charge on any atom is -0.491 e. The van der Waals surface area contributed by atoms with Gasteiger partial charge in [-0.15, -0.1) is 0 Å². The number of nitrogens with zero attached hydrogens (tertiary/aromatic N) is 1. The minimum absolute atomic E-state index is 0.0746. The fraction of sp³-hybridized carbons (Fsp3) is 0.250. The Morgan fingerprint density at radius 1 is 1.53 bits per heavy atom. The number of benzene rings is 1. The Kier molecular flexibility index (Phi) is 3.83. The van der Waals surface area contributed by atoms with Crippen molar-refractivity contribution in [2.45, 2.75) is 0 Å². The van der Waals surface area contributed by atoms with Crippen molar-refractivity contribution in [3.8, 4) is 5.75 Å². The van der Waals surface area contributed by atoms with Crippen molar-refractivity contribution in [2.75, 3.05) is 18.6 Å². The standard InChI is InChI=1S/C8H11N3O4/c9-10-6-3-7(11(13)14)5-8(4-6)15-2-1-12/h3-5,10,12H,1-2,9H2. The molecule has 82 valence electrons. The monoisotopic (exact) mass is 213 g/mol. The normalized spacial score (nSPS) is 9.73. The van der Waals surface area contributed by atoms with Gasteiger partial charge in [0.05, 0.1) is 23.3 Å². The minimum atomic E-state index is -0.549. The predicted molar refractivity (Wildman–Crippen MR) is 53.5 cm³/mol. The molecule has 0 saturated heterocycles. The number of rotatable bonds is 5. The molecule has 0 atom stereocenters. The van der Waals surface area contributed by atoms with Crippen molar-refractivity contribution in [3.63, 3.8) is 0 Å². The van der Waals surface area contributed by atoms with E-state index in [-0.39, 0.29) is 24.7 Å². The SMILES string of the molecule is NNc1cc(OCCO)cc([N+](=O)[O-])c1. The molecule has 15 heavy (non-hydrogen) atoms. The number of nitro benzene ring substituents is 1. The van der Waals surface area contributed by atoms with Crippen LogP contribution in [0.15, 0.2) is 18.2 Å². The topological polar surface area (TPSA) is 111 Å². The highest BCUT2D eigenvalue weighted by atomic mass is 16.6. The first-order valence-corrected chi connectivity index (χ1v) is 4.17. The Labute approximate surface area is 85.6 Å². The lowest BCUT2D eigenvalue weighted by Crippen LogP contribution is -2.08. The van der Waals surface area contributed by atoms with Gasteiger partial charge in [0, 0.05) is 12.1 Å². The summed E-state index contributed by atoms with van der Waals surface area (Å²) in [6, 6.07) is 4.05. The molecule has 0 spiro atoms. The summed E-state index contributed by atoms with van der Waals surface area (Å²) in [5.41, 5.74) is 2.54. The van der Waals surface area contributed by atoms with Gasteiger partial charge in [-0.3, -0.25) is 16.0 Å². The van der Waals surface area contributed by atoms with Crippen molar-refractivity contribution in [3.05, 3.63) is 28.3 Å². The number of nitrogen functional groups attached to an aromatic ring is 1. The number of aliphatic hydroxyl groups is 1. The van der Waals surface area contributed by atoms with Gasteiger partial charge in [0.25, 0.3) is 5.69 Å². The smallest absolute Gasteiger partial charge is 0.275 e.